The molecule has 3 aromatic rings. The molecule has 8 heteroatoms. The van der Waals surface area contributed by atoms with Gasteiger partial charge < -0.3 is 9.88 Å². The average Bonchev–Trinajstić information content (AvgIpc) is 3.05. The minimum atomic E-state index is -0.264. The number of rotatable bonds is 5. The van der Waals surface area contributed by atoms with Crippen molar-refractivity contribution in [1.29, 1.82) is 0 Å². The van der Waals surface area contributed by atoms with Crippen LogP contribution in [0.3, 0.4) is 0 Å². The lowest BCUT2D eigenvalue weighted by atomic mass is 9.97. The van der Waals surface area contributed by atoms with Crippen molar-refractivity contribution in [2.45, 2.75) is 45.6 Å². The molecule has 8 nitrogen and oxygen atoms in total. The van der Waals surface area contributed by atoms with Gasteiger partial charge in [0.25, 0.3) is 11.3 Å². The van der Waals surface area contributed by atoms with Gasteiger partial charge in [-0.1, -0.05) is 11.6 Å². The minimum Gasteiger partial charge on any atom is -0.354 e. The first-order chi connectivity index (χ1) is 13.1. The van der Waals surface area contributed by atoms with Crippen LogP contribution in [-0.2, 0) is 11.3 Å². The fourth-order valence-corrected chi connectivity index (χ4v) is 3.49. The van der Waals surface area contributed by atoms with Crippen molar-refractivity contribution >= 4 is 22.6 Å². The lowest BCUT2D eigenvalue weighted by molar-refractivity contribution is -0.121. The molecule has 0 radical (unpaired) electrons. The Bertz CT molecular complexity index is 1090. The van der Waals surface area contributed by atoms with E-state index in [1.165, 1.54) is 29.2 Å². The summed E-state index contributed by atoms with van der Waals surface area (Å²) < 4.78 is 2.95. The molecule has 1 aliphatic rings. The number of hydrogen-bond donors (Lipinski definition) is 1. The van der Waals surface area contributed by atoms with E-state index in [-0.39, 0.29) is 18.0 Å². The highest BCUT2D eigenvalue weighted by molar-refractivity contribution is 5.80. The van der Waals surface area contributed by atoms with Crippen molar-refractivity contribution in [2.75, 3.05) is 6.54 Å². The van der Waals surface area contributed by atoms with E-state index in [1.807, 2.05) is 0 Å². The monoisotopic (exact) mass is 366 g/mol. The fraction of sp³-hybridized carbons (Fsp3) is 0.421. The maximum Gasteiger partial charge on any atom is 0.262 e. The summed E-state index contributed by atoms with van der Waals surface area (Å²) >= 11 is 0. The Kier molecular flexibility index (Phi) is 4.70. The van der Waals surface area contributed by atoms with E-state index in [0.29, 0.717) is 29.0 Å². The van der Waals surface area contributed by atoms with Crippen molar-refractivity contribution in [1.82, 2.24) is 29.5 Å². The molecule has 0 spiro atoms. The molecule has 3 heterocycles. The molecule has 1 amide bonds. The number of aromatic nitrogens is 5. The van der Waals surface area contributed by atoms with Gasteiger partial charge >= 0.3 is 0 Å². The molecule has 1 N–H and O–H groups in total. The quantitative estimate of drug-likeness (QED) is 0.694. The van der Waals surface area contributed by atoms with E-state index in [1.54, 1.807) is 23.7 Å². The van der Waals surface area contributed by atoms with Gasteiger partial charge in [0.1, 0.15) is 12.4 Å². The summed E-state index contributed by atoms with van der Waals surface area (Å²) in [5, 5.41) is 7.58. The van der Waals surface area contributed by atoms with Crippen LogP contribution in [0.1, 0.15) is 37.9 Å². The van der Waals surface area contributed by atoms with Crippen molar-refractivity contribution in [3.63, 3.8) is 0 Å². The number of pyridine rings is 1. The summed E-state index contributed by atoms with van der Waals surface area (Å²) in [5.74, 6) is 0.872. The third-order valence-corrected chi connectivity index (χ3v) is 4.88. The van der Waals surface area contributed by atoms with Crippen LogP contribution in [-0.4, -0.2) is 36.6 Å². The van der Waals surface area contributed by atoms with Gasteiger partial charge in [-0.25, -0.2) is 4.98 Å². The number of carbonyl (C=O) groups excluding carboxylic acids is 1. The summed E-state index contributed by atoms with van der Waals surface area (Å²) in [6.07, 6.45) is 11.0. The SMILES string of the molecule is Cc1nc2ncc3c(=O)n(CC(=O)NCCC4=CCCCC4)ccc3n2n1. The summed E-state index contributed by atoms with van der Waals surface area (Å²) in [5.41, 5.74) is 1.79. The summed E-state index contributed by atoms with van der Waals surface area (Å²) in [7, 11) is 0. The molecule has 0 saturated heterocycles. The van der Waals surface area contributed by atoms with E-state index in [4.69, 9.17) is 0 Å². The van der Waals surface area contributed by atoms with Crippen LogP contribution in [0.15, 0.2) is 34.9 Å². The minimum absolute atomic E-state index is 0.0117. The van der Waals surface area contributed by atoms with Crippen LogP contribution in [0.4, 0.5) is 0 Å². The van der Waals surface area contributed by atoms with Crippen LogP contribution >= 0.6 is 0 Å². The Labute approximate surface area is 155 Å². The van der Waals surface area contributed by atoms with E-state index >= 15 is 0 Å². The van der Waals surface area contributed by atoms with Crippen molar-refractivity contribution < 1.29 is 4.79 Å². The molecule has 0 aliphatic heterocycles. The molecule has 1 aliphatic carbocycles. The van der Waals surface area contributed by atoms with E-state index in [0.717, 1.165) is 19.3 Å². The maximum absolute atomic E-state index is 12.7. The van der Waals surface area contributed by atoms with Gasteiger partial charge in [-0.05, 0) is 45.1 Å². The number of nitrogens with zero attached hydrogens (tertiary/aromatic N) is 5. The van der Waals surface area contributed by atoms with Gasteiger partial charge in [0.2, 0.25) is 5.91 Å². The molecular formula is C19H22N6O2. The van der Waals surface area contributed by atoms with Gasteiger partial charge in [0, 0.05) is 18.9 Å². The zero-order valence-corrected chi connectivity index (χ0v) is 15.3. The first kappa shape index (κ1) is 17.4. The van der Waals surface area contributed by atoms with E-state index in [9.17, 15) is 9.59 Å². The van der Waals surface area contributed by atoms with Gasteiger partial charge in [0.05, 0.1) is 10.9 Å². The number of carbonyl (C=O) groups is 1. The lowest BCUT2D eigenvalue weighted by Gasteiger charge is -2.13. The van der Waals surface area contributed by atoms with Gasteiger partial charge in [-0.3, -0.25) is 9.59 Å². The molecule has 0 unspecified atom stereocenters. The molecule has 0 aromatic carbocycles. The van der Waals surface area contributed by atoms with Crippen LogP contribution in [0, 0.1) is 6.92 Å². The van der Waals surface area contributed by atoms with Gasteiger partial charge in [-0.2, -0.15) is 9.50 Å². The normalized spacial score (nSPS) is 14.5. The second kappa shape index (κ2) is 7.30. The maximum atomic E-state index is 12.7. The number of fused-ring (bicyclic) bond motifs is 3. The lowest BCUT2D eigenvalue weighted by Crippen LogP contribution is -2.33. The van der Waals surface area contributed by atoms with Crippen LogP contribution in [0.2, 0.25) is 0 Å². The van der Waals surface area contributed by atoms with Crippen molar-refractivity contribution in [3.05, 3.63) is 46.3 Å². The van der Waals surface area contributed by atoms with Crippen LogP contribution < -0.4 is 10.9 Å². The fourth-order valence-electron chi connectivity index (χ4n) is 3.49. The van der Waals surface area contributed by atoms with Crippen LogP contribution in [0.5, 0.6) is 0 Å². The van der Waals surface area contributed by atoms with Crippen molar-refractivity contribution in [3.8, 4) is 0 Å². The largest absolute Gasteiger partial charge is 0.354 e. The Balaban J connectivity index is 1.47. The van der Waals surface area contributed by atoms with Crippen molar-refractivity contribution in [2.24, 2.45) is 0 Å². The molecule has 3 aromatic heterocycles. The Morgan fingerprint density at radius 3 is 3.04 bits per heavy atom. The third kappa shape index (κ3) is 3.60. The van der Waals surface area contributed by atoms with Crippen LogP contribution in [0.25, 0.3) is 16.7 Å². The molecule has 0 saturated carbocycles. The Hall–Kier alpha value is -3.03. The highest BCUT2D eigenvalue weighted by Crippen LogP contribution is 2.19. The molecule has 27 heavy (non-hydrogen) atoms. The Morgan fingerprint density at radius 2 is 2.22 bits per heavy atom. The highest BCUT2D eigenvalue weighted by atomic mass is 16.2. The van der Waals surface area contributed by atoms with Gasteiger partial charge in [-0.15, -0.1) is 5.10 Å². The molecule has 0 bridgehead atoms. The highest BCUT2D eigenvalue weighted by Gasteiger charge is 2.12. The number of allylic oxidation sites excluding steroid dienone is 1. The smallest absolute Gasteiger partial charge is 0.262 e. The predicted molar refractivity (Wildman–Crippen MR) is 101 cm³/mol. The van der Waals surface area contributed by atoms with Gasteiger partial charge in [0.15, 0.2) is 0 Å². The summed E-state index contributed by atoms with van der Waals surface area (Å²) in [6, 6.07) is 1.76. The summed E-state index contributed by atoms with van der Waals surface area (Å²) in [4.78, 5) is 33.3. The topological polar surface area (TPSA) is 94.2 Å². The number of amides is 1. The third-order valence-electron chi connectivity index (χ3n) is 4.88. The second-order valence-electron chi connectivity index (χ2n) is 6.88. The standard InChI is InChI=1S/C19H22N6O2/c1-13-22-19-21-11-15-16(25(19)23-13)8-10-24(18(15)27)12-17(26)20-9-7-14-5-3-2-4-6-14/h5,8,10-11H,2-4,6-7,9,12H2,1H3,(H,20,26). The molecule has 4 rings (SSSR count). The Morgan fingerprint density at radius 1 is 1.33 bits per heavy atom. The first-order valence-electron chi connectivity index (χ1n) is 9.28. The van der Waals surface area contributed by atoms with E-state index < -0.39 is 0 Å². The molecule has 0 atom stereocenters. The second-order valence-corrected chi connectivity index (χ2v) is 6.88. The summed E-state index contributed by atoms with van der Waals surface area (Å²) in [6.45, 7) is 2.37. The zero-order valence-electron chi connectivity index (χ0n) is 15.3. The zero-order chi connectivity index (χ0) is 18.8. The van der Waals surface area contributed by atoms with E-state index in [2.05, 4.69) is 26.5 Å². The molecular weight excluding hydrogens is 344 g/mol. The predicted octanol–water partition coefficient (Wildman–Crippen LogP) is 1.75. The molecule has 140 valence electrons. The molecule has 0 fully saturated rings. The number of hydrogen-bond acceptors (Lipinski definition) is 5. The number of aryl methyl sites for hydroxylation is 1. The first-order valence-corrected chi connectivity index (χ1v) is 9.28. The average molecular weight is 366 g/mol. The number of nitrogens with one attached hydrogen (secondary N) is 1.